The Bertz CT molecular complexity index is 419. The van der Waals surface area contributed by atoms with Gasteiger partial charge in [-0.25, -0.2) is 0 Å². The molecule has 1 saturated heterocycles. The molecule has 0 radical (unpaired) electrons. The van der Waals surface area contributed by atoms with Crippen molar-refractivity contribution in [2.75, 3.05) is 0 Å². The van der Waals surface area contributed by atoms with Gasteiger partial charge in [-0.05, 0) is 49.3 Å². The maximum absolute atomic E-state index is 9.45. The van der Waals surface area contributed by atoms with Crippen LogP contribution in [0.2, 0.25) is 0 Å². The summed E-state index contributed by atoms with van der Waals surface area (Å²) in [4.78, 5) is 0. The first-order chi connectivity index (χ1) is 9.04. The lowest BCUT2D eigenvalue weighted by molar-refractivity contribution is -0.0925. The van der Waals surface area contributed by atoms with E-state index in [9.17, 15) is 15.3 Å². The minimum absolute atomic E-state index is 0.0630. The standard InChI is InChI=1S/C15H22O4/c1-10(2-4-12-5-7-15(18)19-12)8-11-3-6-13(16)14(17)9-11/h3,6,9-10,12,15-18H,2,4-5,7-8H2,1H3/t10-,12-,15?/m1/s1. The molecule has 4 nitrogen and oxygen atoms in total. The zero-order valence-corrected chi connectivity index (χ0v) is 11.2. The van der Waals surface area contributed by atoms with Crippen LogP contribution in [0.5, 0.6) is 11.5 Å². The molecule has 1 fully saturated rings. The summed E-state index contributed by atoms with van der Waals surface area (Å²) in [7, 11) is 0. The summed E-state index contributed by atoms with van der Waals surface area (Å²) in [5, 5.41) is 28.0. The van der Waals surface area contributed by atoms with E-state index >= 15 is 0 Å². The highest BCUT2D eigenvalue weighted by atomic mass is 16.6. The third-order valence-electron chi connectivity index (χ3n) is 3.69. The van der Waals surface area contributed by atoms with Crippen molar-refractivity contribution in [1.82, 2.24) is 0 Å². The van der Waals surface area contributed by atoms with Gasteiger partial charge in [0.15, 0.2) is 17.8 Å². The maximum Gasteiger partial charge on any atom is 0.157 e. The molecule has 106 valence electrons. The van der Waals surface area contributed by atoms with Crippen LogP contribution in [0.1, 0.15) is 38.2 Å². The fourth-order valence-corrected chi connectivity index (χ4v) is 2.57. The molecule has 19 heavy (non-hydrogen) atoms. The topological polar surface area (TPSA) is 69.9 Å². The quantitative estimate of drug-likeness (QED) is 0.716. The Hall–Kier alpha value is -1.26. The number of phenolic OH excluding ortho intramolecular Hbond substituents is 2. The van der Waals surface area contributed by atoms with E-state index in [2.05, 4.69) is 6.92 Å². The molecule has 1 aromatic rings. The molecule has 1 unspecified atom stereocenters. The first kappa shape index (κ1) is 14.2. The van der Waals surface area contributed by atoms with E-state index in [0.717, 1.165) is 37.7 Å². The Morgan fingerprint density at radius 3 is 2.68 bits per heavy atom. The molecular formula is C15H22O4. The molecule has 1 aliphatic rings. The van der Waals surface area contributed by atoms with Gasteiger partial charge in [-0.1, -0.05) is 13.0 Å². The van der Waals surface area contributed by atoms with Gasteiger partial charge in [-0.2, -0.15) is 0 Å². The number of phenols is 2. The predicted molar refractivity (Wildman–Crippen MR) is 72.0 cm³/mol. The number of benzene rings is 1. The van der Waals surface area contributed by atoms with Crippen molar-refractivity contribution >= 4 is 0 Å². The summed E-state index contributed by atoms with van der Waals surface area (Å²) in [6.45, 7) is 2.16. The zero-order valence-electron chi connectivity index (χ0n) is 11.2. The Balaban J connectivity index is 1.77. The molecular weight excluding hydrogens is 244 g/mol. The molecule has 0 aliphatic carbocycles. The first-order valence-corrected chi connectivity index (χ1v) is 6.89. The summed E-state index contributed by atoms with van der Waals surface area (Å²) in [6, 6.07) is 4.97. The summed E-state index contributed by atoms with van der Waals surface area (Å²) < 4.78 is 5.38. The van der Waals surface area contributed by atoms with Crippen molar-refractivity contribution in [2.24, 2.45) is 5.92 Å². The van der Waals surface area contributed by atoms with Gasteiger partial charge < -0.3 is 20.1 Å². The van der Waals surface area contributed by atoms with Crippen LogP contribution in [0.15, 0.2) is 18.2 Å². The number of aromatic hydroxyl groups is 2. The Morgan fingerprint density at radius 2 is 2.05 bits per heavy atom. The summed E-state index contributed by atoms with van der Waals surface area (Å²) in [6.07, 6.45) is 4.14. The molecule has 1 aliphatic heterocycles. The summed E-state index contributed by atoms with van der Waals surface area (Å²) in [5.41, 5.74) is 1.02. The second-order valence-electron chi connectivity index (χ2n) is 5.50. The molecule has 0 saturated carbocycles. The van der Waals surface area contributed by atoms with Crippen LogP contribution in [0.3, 0.4) is 0 Å². The highest BCUT2D eigenvalue weighted by Gasteiger charge is 2.23. The normalized spacial score (nSPS) is 24.5. The molecule has 0 spiro atoms. The van der Waals surface area contributed by atoms with Gasteiger partial charge >= 0.3 is 0 Å². The minimum Gasteiger partial charge on any atom is -0.504 e. The Morgan fingerprint density at radius 1 is 1.26 bits per heavy atom. The molecule has 1 aromatic carbocycles. The number of aliphatic hydroxyl groups excluding tert-OH is 1. The van der Waals surface area contributed by atoms with Crippen LogP contribution in [0.4, 0.5) is 0 Å². The molecule has 4 heteroatoms. The van der Waals surface area contributed by atoms with Crippen LogP contribution in [-0.4, -0.2) is 27.7 Å². The van der Waals surface area contributed by atoms with Crippen molar-refractivity contribution in [3.63, 3.8) is 0 Å². The second-order valence-corrected chi connectivity index (χ2v) is 5.50. The summed E-state index contributed by atoms with van der Waals surface area (Å²) in [5.74, 6) is 0.335. The monoisotopic (exact) mass is 266 g/mol. The van der Waals surface area contributed by atoms with Crippen LogP contribution < -0.4 is 0 Å². The number of ether oxygens (including phenoxy) is 1. The van der Waals surface area contributed by atoms with E-state index in [0.29, 0.717) is 5.92 Å². The zero-order chi connectivity index (χ0) is 13.8. The predicted octanol–water partition coefficient (Wildman–Crippen LogP) is 2.55. The van der Waals surface area contributed by atoms with Crippen LogP contribution in [0.25, 0.3) is 0 Å². The van der Waals surface area contributed by atoms with E-state index in [4.69, 9.17) is 4.74 Å². The first-order valence-electron chi connectivity index (χ1n) is 6.89. The Kier molecular flexibility index (Phi) is 4.66. The van der Waals surface area contributed by atoms with Crippen molar-refractivity contribution in [3.8, 4) is 11.5 Å². The molecule has 2 rings (SSSR count). The lowest BCUT2D eigenvalue weighted by atomic mass is 9.94. The fraction of sp³-hybridized carbons (Fsp3) is 0.600. The van der Waals surface area contributed by atoms with Gasteiger partial charge in [0.25, 0.3) is 0 Å². The lowest BCUT2D eigenvalue weighted by Crippen LogP contribution is -2.12. The second kappa shape index (κ2) is 6.26. The average Bonchev–Trinajstić information content (AvgIpc) is 2.77. The SMILES string of the molecule is C[C@H](CC[C@@H]1CCC(O)O1)Cc1ccc(O)c(O)c1. The van der Waals surface area contributed by atoms with Gasteiger partial charge in [-0.3, -0.25) is 0 Å². The van der Waals surface area contributed by atoms with Gasteiger partial charge in [0, 0.05) is 6.42 Å². The smallest absolute Gasteiger partial charge is 0.157 e. The minimum atomic E-state index is -0.575. The van der Waals surface area contributed by atoms with E-state index in [1.807, 2.05) is 6.07 Å². The third kappa shape index (κ3) is 4.11. The molecule has 1 heterocycles. The molecule has 3 atom stereocenters. The van der Waals surface area contributed by atoms with Crippen LogP contribution >= 0.6 is 0 Å². The largest absolute Gasteiger partial charge is 0.504 e. The van der Waals surface area contributed by atoms with Crippen molar-refractivity contribution in [1.29, 1.82) is 0 Å². The third-order valence-corrected chi connectivity index (χ3v) is 3.69. The van der Waals surface area contributed by atoms with Gasteiger partial charge in [0.05, 0.1) is 6.10 Å². The molecule has 0 aromatic heterocycles. The number of aliphatic hydroxyl groups is 1. The van der Waals surface area contributed by atoms with Crippen LogP contribution in [0, 0.1) is 5.92 Å². The van der Waals surface area contributed by atoms with Gasteiger partial charge in [-0.15, -0.1) is 0 Å². The molecule has 0 bridgehead atoms. The van der Waals surface area contributed by atoms with E-state index in [1.165, 1.54) is 6.07 Å². The van der Waals surface area contributed by atoms with Crippen molar-refractivity contribution in [3.05, 3.63) is 23.8 Å². The fourth-order valence-electron chi connectivity index (χ4n) is 2.57. The van der Waals surface area contributed by atoms with E-state index in [-0.39, 0.29) is 17.6 Å². The number of hydrogen-bond acceptors (Lipinski definition) is 4. The van der Waals surface area contributed by atoms with E-state index < -0.39 is 6.29 Å². The summed E-state index contributed by atoms with van der Waals surface area (Å²) >= 11 is 0. The highest BCUT2D eigenvalue weighted by molar-refractivity contribution is 5.40. The molecule has 3 N–H and O–H groups in total. The number of hydrogen-bond donors (Lipinski definition) is 3. The van der Waals surface area contributed by atoms with Gasteiger partial charge in [0.2, 0.25) is 0 Å². The Labute approximate surface area is 113 Å². The van der Waals surface area contributed by atoms with Crippen LogP contribution in [-0.2, 0) is 11.2 Å². The average molecular weight is 266 g/mol. The van der Waals surface area contributed by atoms with Crippen molar-refractivity contribution in [2.45, 2.75) is 51.4 Å². The lowest BCUT2D eigenvalue weighted by Gasteiger charge is -2.15. The molecule has 0 amide bonds. The highest BCUT2D eigenvalue weighted by Crippen LogP contribution is 2.28. The van der Waals surface area contributed by atoms with E-state index in [1.54, 1.807) is 6.07 Å². The van der Waals surface area contributed by atoms with Crippen molar-refractivity contribution < 1.29 is 20.1 Å². The maximum atomic E-state index is 9.45. The van der Waals surface area contributed by atoms with Gasteiger partial charge in [0.1, 0.15) is 0 Å². The number of rotatable bonds is 5.